The zero-order valence-electron chi connectivity index (χ0n) is 15.7. The van der Waals surface area contributed by atoms with E-state index in [-0.39, 0.29) is 11.9 Å². The van der Waals surface area contributed by atoms with Crippen molar-refractivity contribution < 1.29 is 9.53 Å². The number of nitrogens with zero attached hydrogens (tertiary/aromatic N) is 1. The summed E-state index contributed by atoms with van der Waals surface area (Å²) in [4.78, 5) is 16.9. The highest BCUT2D eigenvalue weighted by atomic mass is 35.5. The van der Waals surface area contributed by atoms with Crippen LogP contribution >= 0.6 is 11.6 Å². The molecule has 1 aromatic heterocycles. The number of aromatic nitrogens is 1. The van der Waals surface area contributed by atoms with Crippen LogP contribution in [-0.4, -0.2) is 43.7 Å². The summed E-state index contributed by atoms with van der Waals surface area (Å²) >= 11 is 6.16. The first kappa shape index (κ1) is 18.8. The third kappa shape index (κ3) is 3.84. The highest BCUT2D eigenvalue weighted by molar-refractivity contribution is 6.31. The number of carbonyl (C=O) groups is 1. The summed E-state index contributed by atoms with van der Waals surface area (Å²) in [6.45, 7) is 2.06. The van der Waals surface area contributed by atoms with Crippen molar-refractivity contribution in [3.05, 3.63) is 41.4 Å². The molecule has 0 bridgehead atoms. The van der Waals surface area contributed by atoms with Crippen LogP contribution < -0.4 is 20.7 Å². The molecule has 0 aliphatic carbocycles. The van der Waals surface area contributed by atoms with E-state index in [1.165, 1.54) is 0 Å². The Morgan fingerprint density at radius 3 is 2.89 bits per heavy atom. The topological polar surface area (TPSA) is 75.3 Å². The lowest BCUT2D eigenvalue weighted by Gasteiger charge is -2.15. The molecule has 3 aromatic rings. The first-order valence-corrected chi connectivity index (χ1v) is 9.85. The van der Waals surface area contributed by atoms with Gasteiger partial charge < -0.3 is 20.7 Å². The van der Waals surface area contributed by atoms with Crippen molar-refractivity contribution in [2.24, 2.45) is 0 Å². The monoisotopic (exact) mass is 398 g/mol. The lowest BCUT2D eigenvalue weighted by molar-refractivity contribution is -0.122. The van der Waals surface area contributed by atoms with Crippen molar-refractivity contribution in [3.8, 4) is 5.75 Å². The van der Waals surface area contributed by atoms with Crippen molar-refractivity contribution in [2.45, 2.75) is 18.9 Å². The Hall–Kier alpha value is -2.57. The summed E-state index contributed by atoms with van der Waals surface area (Å²) in [6.07, 6.45) is 1.95. The first-order valence-electron chi connectivity index (χ1n) is 9.48. The summed E-state index contributed by atoms with van der Waals surface area (Å²) in [6, 6.07) is 11.4. The van der Waals surface area contributed by atoms with Gasteiger partial charge in [0.25, 0.3) is 0 Å². The maximum Gasteiger partial charge on any atom is 0.237 e. The van der Waals surface area contributed by atoms with Crippen molar-refractivity contribution in [1.29, 1.82) is 0 Å². The number of pyridine rings is 1. The van der Waals surface area contributed by atoms with Gasteiger partial charge in [-0.2, -0.15) is 0 Å². The molecule has 3 N–H and O–H groups in total. The molecule has 0 spiro atoms. The fourth-order valence-corrected chi connectivity index (χ4v) is 3.78. The van der Waals surface area contributed by atoms with Crippen LogP contribution in [0.15, 0.2) is 36.4 Å². The number of methoxy groups -OCH3 is 1. The van der Waals surface area contributed by atoms with Gasteiger partial charge in [0, 0.05) is 28.9 Å². The summed E-state index contributed by atoms with van der Waals surface area (Å²) in [7, 11) is 1.65. The van der Waals surface area contributed by atoms with Gasteiger partial charge in [-0.25, -0.2) is 4.98 Å². The molecule has 1 amide bonds. The highest BCUT2D eigenvalue weighted by Gasteiger charge is 2.21. The van der Waals surface area contributed by atoms with Gasteiger partial charge >= 0.3 is 0 Å². The SMILES string of the molecule is COc1ccc2nc3cc(Cl)ccc3c(NCCNC(=O)[C@@H]3CCCN3)c2c1. The van der Waals surface area contributed by atoms with Crippen molar-refractivity contribution in [2.75, 3.05) is 32.1 Å². The average molecular weight is 399 g/mol. The Morgan fingerprint density at radius 1 is 1.21 bits per heavy atom. The maximum absolute atomic E-state index is 12.2. The van der Waals surface area contributed by atoms with Crippen LogP contribution in [0.4, 0.5) is 5.69 Å². The van der Waals surface area contributed by atoms with Crippen LogP contribution in [0.3, 0.4) is 0 Å². The van der Waals surface area contributed by atoms with Crippen molar-refractivity contribution >= 4 is 45.0 Å². The van der Waals surface area contributed by atoms with Gasteiger partial charge in [-0.15, -0.1) is 0 Å². The molecule has 0 radical (unpaired) electrons. The van der Waals surface area contributed by atoms with E-state index in [1.54, 1.807) is 7.11 Å². The Kier molecular flexibility index (Phi) is 5.50. The van der Waals surface area contributed by atoms with E-state index in [0.717, 1.165) is 52.6 Å². The number of nitrogens with one attached hydrogen (secondary N) is 3. The number of benzene rings is 2. The molecule has 146 valence electrons. The minimum absolute atomic E-state index is 0.0611. The summed E-state index contributed by atoms with van der Waals surface area (Å²) in [5, 5.41) is 12.3. The largest absolute Gasteiger partial charge is 0.497 e. The Balaban J connectivity index is 1.58. The molecule has 1 aliphatic heterocycles. The third-order valence-corrected chi connectivity index (χ3v) is 5.28. The lowest BCUT2D eigenvalue weighted by atomic mass is 10.1. The maximum atomic E-state index is 12.2. The molecule has 28 heavy (non-hydrogen) atoms. The van der Waals surface area contributed by atoms with E-state index < -0.39 is 0 Å². The minimum atomic E-state index is -0.0611. The van der Waals surface area contributed by atoms with Crippen LogP contribution in [0.1, 0.15) is 12.8 Å². The van der Waals surface area contributed by atoms with E-state index in [0.29, 0.717) is 18.1 Å². The van der Waals surface area contributed by atoms with Gasteiger partial charge in [-0.05, 0) is 55.8 Å². The molecule has 1 atom stereocenters. The standard InChI is InChI=1S/C21H23ClN4O2/c1-28-14-5-7-17-16(12-14)20(15-6-4-13(22)11-19(15)26-17)24-9-10-25-21(27)18-3-2-8-23-18/h4-7,11-12,18,23H,2-3,8-10H2,1H3,(H,24,26)(H,25,27)/t18-/m0/s1. The Morgan fingerprint density at radius 2 is 2.11 bits per heavy atom. The van der Waals surface area contributed by atoms with Gasteiger partial charge in [0.2, 0.25) is 5.91 Å². The number of carbonyl (C=O) groups excluding carboxylic acids is 1. The molecule has 6 nitrogen and oxygen atoms in total. The molecular formula is C21H23ClN4O2. The smallest absolute Gasteiger partial charge is 0.237 e. The predicted molar refractivity (Wildman–Crippen MR) is 113 cm³/mol. The van der Waals surface area contributed by atoms with E-state index >= 15 is 0 Å². The van der Waals surface area contributed by atoms with E-state index in [1.807, 2.05) is 36.4 Å². The van der Waals surface area contributed by atoms with Gasteiger partial charge in [0.15, 0.2) is 0 Å². The fourth-order valence-electron chi connectivity index (χ4n) is 3.62. The quantitative estimate of drug-likeness (QED) is 0.438. The van der Waals surface area contributed by atoms with Gasteiger partial charge in [0.1, 0.15) is 5.75 Å². The number of ether oxygens (including phenoxy) is 1. The molecule has 1 saturated heterocycles. The zero-order valence-corrected chi connectivity index (χ0v) is 16.5. The van der Waals surface area contributed by atoms with Gasteiger partial charge in [-0.1, -0.05) is 11.6 Å². The molecule has 0 unspecified atom stereocenters. The number of hydrogen-bond donors (Lipinski definition) is 3. The predicted octanol–water partition coefficient (Wildman–Crippen LogP) is 3.33. The molecule has 4 rings (SSSR count). The molecule has 0 saturated carbocycles. The van der Waals surface area contributed by atoms with Crippen molar-refractivity contribution in [1.82, 2.24) is 15.6 Å². The van der Waals surface area contributed by atoms with E-state index in [9.17, 15) is 4.79 Å². The normalized spacial score (nSPS) is 16.4. The van der Waals surface area contributed by atoms with Crippen LogP contribution in [0.25, 0.3) is 21.8 Å². The number of rotatable bonds is 6. The summed E-state index contributed by atoms with van der Waals surface area (Å²) in [5.41, 5.74) is 2.65. The molecular weight excluding hydrogens is 376 g/mol. The molecule has 2 heterocycles. The highest BCUT2D eigenvalue weighted by Crippen LogP contribution is 2.34. The van der Waals surface area contributed by atoms with Crippen LogP contribution in [-0.2, 0) is 4.79 Å². The van der Waals surface area contributed by atoms with E-state index in [2.05, 4.69) is 16.0 Å². The zero-order chi connectivity index (χ0) is 19.5. The third-order valence-electron chi connectivity index (χ3n) is 5.05. The second kappa shape index (κ2) is 8.20. The van der Waals surface area contributed by atoms with Crippen LogP contribution in [0.2, 0.25) is 5.02 Å². The number of amides is 1. The van der Waals surface area contributed by atoms with Gasteiger partial charge in [-0.3, -0.25) is 4.79 Å². The lowest BCUT2D eigenvalue weighted by Crippen LogP contribution is -2.42. The molecule has 1 fully saturated rings. The number of anilines is 1. The number of fused-ring (bicyclic) bond motifs is 2. The number of halogens is 1. The Bertz CT molecular complexity index is 1020. The van der Waals surface area contributed by atoms with Gasteiger partial charge in [0.05, 0.1) is 29.9 Å². The van der Waals surface area contributed by atoms with Crippen molar-refractivity contribution in [3.63, 3.8) is 0 Å². The molecule has 2 aromatic carbocycles. The average Bonchev–Trinajstić information content (AvgIpc) is 3.24. The second-order valence-corrected chi connectivity index (χ2v) is 7.33. The van der Waals surface area contributed by atoms with E-state index in [4.69, 9.17) is 21.3 Å². The molecule has 1 aliphatic rings. The summed E-state index contributed by atoms with van der Waals surface area (Å²) in [5.74, 6) is 0.837. The molecule has 7 heteroatoms. The minimum Gasteiger partial charge on any atom is -0.497 e. The summed E-state index contributed by atoms with van der Waals surface area (Å²) < 4.78 is 5.38. The Labute approximate surface area is 168 Å². The fraction of sp³-hybridized carbons (Fsp3) is 0.333. The second-order valence-electron chi connectivity index (χ2n) is 6.90. The van der Waals surface area contributed by atoms with Crippen LogP contribution in [0, 0.1) is 0 Å². The first-order chi connectivity index (χ1) is 13.7. The van der Waals surface area contributed by atoms with Crippen LogP contribution in [0.5, 0.6) is 5.75 Å². The number of hydrogen-bond acceptors (Lipinski definition) is 5.